The number of aromatic nitrogens is 3. The minimum absolute atomic E-state index is 0.0346. The minimum atomic E-state index is -0.701. The van der Waals surface area contributed by atoms with Crippen LogP contribution in [0, 0.1) is 5.95 Å². The van der Waals surface area contributed by atoms with Crippen molar-refractivity contribution in [3.8, 4) is 5.88 Å². The Kier molecular flexibility index (Phi) is 5.15. The van der Waals surface area contributed by atoms with Gasteiger partial charge in [0.2, 0.25) is 17.8 Å². The number of halogens is 1. The molecule has 1 saturated heterocycles. The molecule has 1 fully saturated rings. The van der Waals surface area contributed by atoms with E-state index < -0.39 is 5.95 Å². The summed E-state index contributed by atoms with van der Waals surface area (Å²) in [4.78, 5) is 26.0. The Bertz CT molecular complexity index is 1420. The molecule has 2 aliphatic rings. The first-order valence-corrected chi connectivity index (χ1v) is 11.8. The number of anilines is 3. The molecule has 0 saturated carbocycles. The van der Waals surface area contributed by atoms with E-state index in [1.807, 2.05) is 25.1 Å². The van der Waals surface area contributed by atoms with Crippen molar-refractivity contribution in [2.24, 2.45) is 0 Å². The number of carbonyl (C=O) groups excluding carboxylic acids is 1. The lowest BCUT2D eigenvalue weighted by atomic mass is 10.1. The Morgan fingerprint density at radius 1 is 1.24 bits per heavy atom. The zero-order valence-electron chi connectivity index (χ0n) is 18.2. The van der Waals surface area contributed by atoms with Gasteiger partial charge in [-0.25, -0.2) is 4.98 Å². The monoisotopic (exact) mass is 480 g/mol. The quantitative estimate of drug-likeness (QED) is 0.378. The van der Waals surface area contributed by atoms with Gasteiger partial charge in [0, 0.05) is 34.5 Å². The molecule has 0 aliphatic carbocycles. The van der Waals surface area contributed by atoms with Crippen LogP contribution in [0.2, 0.25) is 0 Å². The van der Waals surface area contributed by atoms with Crippen LogP contribution in [-0.4, -0.2) is 52.8 Å². The molecule has 9 nitrogen and oxygen atoms in total. The lowest BCUT2D eigenvalue weighted by Crippen LogP contribution is -2.34. The van der Waals surface area contributed by atoms with Crippen LogP contribution in [-0.2, 0) is 4.74 Å². The number of pyridine rings is 1. The Morgan fingerprint density at radius 2 is 2.15 bits per heavy atom. The smallest absolute Gasteiger partial charge is 0.263 e. The number of benzene rings is 1. The Balaban J connectivity index is 1.33. The molecule has 1 amide bonds. The summed E-state index contributed by atoms with van der Waals surface area (Å²) in [6.45, 7) is 3.68. The molecule has 4 aromatic rings. The molecule has 5 heterocycles. The van der Waals surface area contributed by atoms with Gasteiger partial charge in [0.05, 0.1) is 30.5 Å². The molecule has 1 aromatic carbocycles. The number of amides is 1. The van der Waals surface area contributed by atoms with E-state index in [0.717, 1.165) is 39.2 Å². The fraction of sp³-hybridized carbons (Fsp3) is 0.304. The van der Waals surface area contributed by atoms with Gasteiger partial charge in [-0.15, -0.1) is 11.3 Å². The van der Waals surface area contributed by atoms with E-state index in [1.54, 1.807) is 6.07 Å². The highest BCUT2D eigenvalue weighted by atomic mass is 32.1. The average Bonchev–Trinajstić information content (AvgIpc) is 3.42. The summed E-state index contributed by atoms with van der Waals surface area (Å²) in [5.41, 5.74) is 1.56. The number of hydrogen-bond donors (Lipinski definition) is 3. The summed E-state index contributed by atoms with van der Waals surface area (Å²) in [5.74, 6) is -0.105. The second-order valence-corrected chi connectivity index (χ2v) is 9.40. The SMILES string of the molecule is CC1CNc2c(sc3ccc4nc(Nc5nc(F)cc(O[C@@H]6CCOC6)n5)ccc4c23)C(=O)N1. The van der Waals surface area contributed by atoms with E-state index in [0.29, 0.717) is 30.5 Å². The minimum Gasteiger partial charge on any atom is -0.472 e. The van der Waals surface area contributed by atoms with Crippen molar-refractivity contribution in [3.63, 3.8) is 0 Å². The lowest BCUT2D eigenvalue weighted by Gasteiger charge is -2.12. The van der Waals surface area contributed by atoms with Gasteiger partial charge in [0.1, 0.15) is 16.8 Å². The van der Waals surface area contributed by atoms with Gasteiger partial charge in [-0.2, -0.15) is 14.4 Å². The molecule has 0 spiro atoms. The molecule has 2 atom stereocenters. The number of ether oxygens (including phenoxy) is 2. The second kappa shape index (κ2) is 8.33. The Labute approximate surface area is 197 Å². The molecule has 174 valence electrons. The van der Waals surface area contributed by atoms with Crippen LogP contribution in [0.3, 0.4) is 0 Å². The molecule has 34 heavy (non-hydrogen) atoms. The third-order valence-electron chi connectivity index (χ3n) is 5.78. The third-order valence-corrected chi connectivity index (χ3v) is 6.93. The van der Waals surface area contributed by atoms with E-state index >= 15 is 0 Å². The van der Waals surface area contributed by atoms with Crippen LogP contribution < -0.4 is 20.7 Å². The molecule has 2 aliphatic heterocycles. The summed E-state index contributed by atoms with van der Waals surface area (Å²) in [6.07, 6.45) is 0.583. The maximum Gasteiger partial charge on any atom is 0.263 e. The van der Waals surface area contributed by atoms with Gasteiger partial charge >= 0.3 is 0 Å². The van der Waals surface area contributed by atoms with Gasteiger partial charge in [0.25, 0.3) is 5.91 Å². The molecule has 3 aromatic heterocycles. The first kappa shape index (κ1) is 21.0. The molecular weight excluding hydrogens is 459 g/mol. The summed E-state index contributed by atoms with van der Waals surface area (Å²) in [5, 5.41) is 11.3. The molecule has 6 rings (SSSR count). The van der Waals surface area contributed by atoms with Gasteiger partial charge in [0.15, 0.2) is 0 Å². The topological polar surface area (TPSA) is 110 Å². The van der Waals surface area contributed by atoms with E-state index in [-0.39, 0.29) is 29.9 Å². The van der Waals surface area contributed by atoms with Crippen LogP contribution in [0.1, 0.15) is 23.0 Å². The summed E-state index contributed by atoms with van der Waals surface area (Å²) in [6, 6.07) is 8.76. The lowest BCUT2D eigenvalue weighted by molar-refractivity contribution is 0.0949. The number of rotatable bonds is 4. The van der Waals surface area contributed by atoms with Crippen molar-refractivity contribution in [2.45, 2.75) is 25.5 Å². The molecule has 3 N–H and O–H groups in total. The zero-order valence-corrected chi connectivity index (χ0v) is 19.0. The van der Waals surface area contributed by atoms with Crippen molar-refractivity contribution in [3.05, 3.63) is 41.2 Å². The maximum absolute atomic E-state index is 14.1. The van der Waals surface area contributed by atoms with E-state index in [1.165, 1.54) is 11.3 Å². The van der Waals surface area contributed by atoms with Crippen molar-refractivity contribution in [2.75, 3.05) is 30.4 Å². The number of carbonyl (C=O) groups is 1. The van der Waals surface area contributed by atoms with E-state index in [9.17, 15) is 9.18 Å². The Morgan fingerprint density at radius 3 is 3.00 bits per heavy atom. The molecule has 0 radical (unpaired) electrons. The maximum atomic E-state index is 14.1. The Hall–Kier alpha value is -3.57. The van der Waals surface area contributed by atoms with Gasteiger partial charge in [-0.3, -0.25) is 4.79 Å². The average molecular weight is 481 g/mol. The van der Waals surface area contributed by atoms with E-state index in [2.05, 4.69) is 30.9 Å². The number of hydrogen-bond acceptors (Lipinski definition) is 9. The normalized spacial score (nSPS) is 20.0. The highest BCUT2D eigenvalue weighted by Crippen LogP contribution is 2.41. The van der Waals surface area contributed by atoms with Crippen molar-refractivity contribution >= 4 is 55.7 Å². The van der Waals surface area contributed by atoms with E-state index in [4.69, 9.17) is 9.47 Å². The van der Waals surface area contributed by atoms with Crippen molar-refractivity contribution < 1.29 is 18.7 Å². The van der Waals surface area contributed by atoms with Gasteiger partial charge < -0.3 is 25.4 Å². The number of fused-ring (bicyclic) bond motifs is 5. The van der Waals surface area contributed by atoms with Crippen molar-refractivity contribution in [1.82, 2.24) is 20.3 Å². The molecule has 1 unspecified atom stereocenters. The van der Waals surface area contributed by atoms with Crippen LogP contribution in [0.25, 0.3) is 21.0 Å². The highest BCUT2D eigenvalue weighted by Gasteiger charge is 2.25. The fourth-order valence-electron chi connectivity index (χ4n) is 4.20. The van der Waals surface area contributed by atoms with Crippen molar-refractivity contribution in [1.29, 1.82) is 0 Å². The standard InChI is InChI=1S/C23H21FN6O3S/c1-11-9-25-20-19-13-2-5-17(27-14(13)3-4-15(19)34-21(20)22(31)26-11)29-23-28-16(24)8-18(30-23)33-12-6-7-32-10-12/h2-5,8,11-12,25H,6-7,9-10H2,1H3,(H,26,31)(H,27,28,29,30)/t11?,12-/m1/s1. The fourth-order valence-corrected chi connectivity index (χ4v) is 5.30. The summed E-state index contributed by atoms with van der Waals surface area (Å²) < 4.78 is 26.1. The number of nitrogens with one attached hydrogen (secondary N) is 3. The van der Waals surface area contributed by atoms with Crippen LogP contribution in [0.5, 0.6) is 5.88 Å². The predicted molar refractivity (Wildman–Crippen MR) is 128 cm³/mol. The van der Waals surface area contributed by atoms with Gasteiger partial charge in [-0.05, 0) is 31.2 Å². The number of thiophene rings is 1. The molecular formula is C23H21FN6O3S. The first-order valence-electron chi connectivity index (χ1n) is 11.0. The number of nitrogens with zero attached hydrogens (tertiary/aromatic N) is 3. The predicted octanol–water partition coefficient (Wildman–Crippen LogP) is 3.83. The van der Waals surface area contributed by atoms with Crippen LogP contribution >= 0.6 is 11.3 Å². The first-order chi connectivity index (χ1) is 16.5. The van der Waals surface area contributed by atoms with Gasteiger partial charge in [-0.1, -0.05) is 0 Å². The third kappa shape index (κ3) is 3.86. The van der Waals surface area contributed by atoms with Crippen LogP contribution in [0.15, 0.2) is 30.3 Å². The summed E-state index contributed by atoms with van der Waals surface area (Å²) >= 11 is 1.46. The zero-order chi connectivity index (χ0) is 23.2. The van der Waals surface area contributed by atoms with Crippen LogP contribution in [0.4, 0.5) is 21.8 Å². The molecule has 11 heteroatoms. The largest absolute Gasteiger partial charge is 0.472 e. The summed E-state index contributed by atoms with van der Waals surface area (Å²) in [7, 11) is 0. The molecule has 0 bridgehead atoms. The second-order valence-electron chi connectivity index (χ2n) is 8.34. The highest BCUT2D eigenvalue weighted by molar-refractivity contribution is 7.21.